The maximum Gasteiger partial charge on any atom is 0.292 e. The second-order valence-electron chi connectivity index (χ2n) is 4.89. The van der Waals surface area contributed by atoms with Crippen molar-refractivity contribution in [3.05, 3.63) is 52.8 Å². The second-order valence-corrected chi connectivity index (χ2v) is 4.89. The van der Waals surface area contributed by atoms with Crippen molar-refractivity contribution < 1.29 is 4.79 Å². The second kappa shape index (κ2) is 5.28. The summed E-state index contributed by atoms with van der Waals surface area (Å²) < 4.78 is 0. The van der Waals surface area contributed by atoms with Gasteiger partial charge < -0.3 is 0 Å². The Balaban J connectivity index is 1.73. The molecule has 0 radical (unpaired) electrons. The number of nitrogens with zero attached hydrogens (tertiary/aromatic N) is 2. The lowest BCUT2D eigenvalue weighted by molar-refractivity contribution is 0.0949. The molecule has 1 aliphatic carbocycles. The molecule has 1 aliphatic rings. The van der Waals surface area contributed by atoms with Gasteiger partial charge in [0.05, 0.1) is 5.71 Å². The molecule has 0 unspecified atom stereocenters. The molecule has 1 heterocycles. The summed E-state index contributed by atoms with van der Waals surface area (Å²) in [5.41, 5.74) is 6.93. The van der Waals surface area contributed by atoms with E-state index in [0.717, 1.165) is 41.8 Å². The molecule has 0 spiro atoms. The molecule has 0 fully saturated rings. The Bertz CT molecular complexity index is 658. The standard InChI is InChI=1S/C15H16N4O/c1-10(11-6-3-2-4-7-11)16-19-15(20)14-12-8-5-9-13(12)17-18-14/h2-4,6-7H,5,8-9H2,1H3,(H,17,18)(H,19,20)/b16-10-. The fraction of sp³-hybridized carbons (Fsp3) is 0.267. The molecule has 5 heteroatoms. The molecule has 1 aromatic heterocycles. The first kappa shape index (κ1) is 12.6. The Labute approximate surface area is 117 Å². The SMILES string of the molecule is C/C(=N/NC(=O)c1n[nH]c2c1CCC2)c1ccccc1. The van der Waals surface area contributed by atoms with Crippen LogP contribution < -0.4 is 5.43 Å². The van der Waals surface area contributed by atoms with Crippen LogP contribution in [0, 0.1) is 0 Å². The number of aryl methyl sites for hydroxylation is 1. The van der Waals surface area contributed by atoms with Crippen LogP contribution in [0.15, 0.2) is 35.4 Å². The monoisotopic (exact) mass is 268 g/mol. The summed E-state index contributed by atoms with van der Waals surface area (Å²) in [5.74, 6) is -0.250. The summed E-state index contributed by atoms with van der Waals surface area (Å²) in [6.07, 6.45) is 2.97. The molecule has 2 N–H and O–H groups in total. The Kier molecular flexibility index (Phi) is 3.33. The number of benzene rings is 1. The van der Waals surface area contributed by atoms with Gasteiger partial charge in [0.25, 0.3) is 5.91 Å². The van der Waals surface area contributed by atoms with Crippen LogP contribution in [0.1, 0.15) is 40.7 Å². The average Bonchev–Trinajstić information content (AvgIpc) is 3.08. The largest absolute Gasteiger partial charge is 0.292 e. The van der Waals surface area contributed by atoms with E-state index in [0.29, 0.717) is 5.69 Å². The maximum absolute atomic E-state index is 12.1. The van der Waals surface area contributed by atoms with Gasteiger partial charge in [0.15, 0.2) is 5.69 Å². The quantitative estimate of drug-likeness (QED) is 0.660. The zero-order valence-electron chi connectivity index (χ0n) is 11.3. The van der Waals surface area contributed by atoms with Gasteiger partial charge in [-0.25, -0.2) is 5.43 Å². The molecule has 2 aromatic rings. The van der Waals surface area contributed by atoms with E-state index in [1.165, 1.54) is 0 Å². The van der Waals surface area contributed by atoms with Crippen molar-refractivity contribution in [2.75, 3.05) is 0 Å². The van der Waals surface area contributed by atoms with Crippen molar-refractivity contribution in [1.29, 1.82) is 0 Å². The van der Waals surface area contributed by atoms with Gasteiger partial charge in [-0.15, -0.1) is 0 Å². The molecular weight excluding hydrogens is 252 g/mol. The summed E-state index contributed by atoms with van der Waals surface area (Å²) >= 11 is 0. The van der Waals surface area contributed by atoms with E-state index >= 15 is 0 Å². The van der Waals surface area contributed by atoms with Crippen LogP contribution in [-0.2, 0) is 12.8 Å². The average molecular weight is 268 g/mol. The van der Waals surface area contributed by atoms with E-state index in [4.69, 9.17) is 0 Å². The smallest absolute Gasteiger partial charge is 0.281 e. The van der Waals surface area contributed by atoms with Crippen molar-refractivity contribution in [2.24, 2.45) is 5.10 Å². The molecule has 102 valence electrons. The van der Waals surface area contributed by atoms with Crippen LogP contribution in [0.5, 0.6) is 0 Å². The highest BCUT2D eigenvalue weighted by Crippen LogP contribution is 2.22. The summed E-state index contributed by atoms with van der Waals surface area (Å²) in [6, 6.07) is 9.74. The molecule has 0 aliphatic heterocycles. The molecule has 20 heavy (non-hydrogen) atoms. The minimum absolute atomic E-state index is 0.250. The number of hydrazone groups is 1. The number of H-pyrrole nitrogens is 1. The lowest BCUT2D eigenvalue weighted by Crippen LogP contribution is -2.21. The van der Waals surface area contributed by atoms with Gasteiger partial charge in [-0.2, -0.15) is 10.2 Å². The number of nitrogens with one attached hydrogen (secondary N) is 2. The van der Waals surface area contributed by atoms with Crippen molar-refractivity contribution in [1.82, 2.24) is 15.6 Å². The highest BCUT2D eigenvalue weighted by Gasteiger charge is 2.22. The number of carbonyl (C=O) groups is 1. The zero-order valence-corrected chi connectivity index (χ0v) is 11.3. The summed E-state index contributed by atoms with van der Waals surface area (Å²) in [5, 5.41) is 11.1. The summed E-state index contributed by atoms with van der Waals surface area (Å²) in [4.78, 5) is 12.1. The lowest BCUT2D eigenvalue weighted by atomic mass is 10.1. The number of aromatic nitrogens is 2. The Morgan fingerprint density at radius 2 is 2.10 bits per heavy atom. The molecule has 0 atom stereocenters. The first-order valence-corrected chi connectivity index (χ1v) is 6.72. The maximum atomic E-state index is 12.1. The topological polar surface area (TPSA) is 70.1 Å². The fourth-order valence-electron chi connectivity index (χ4n) is 2.44. The van der Waals surface area contributed by atoms with Crippen LogP contribution in [-0.4, -0.2) is 21.8 Å². The molecular formula is C15H16N4O. The van der Waals surface area contributed by atoms with Crippen molar-refractivity contribution in [3.63, 3.8) is 0 Å². The van der Waals surface area contributed by atoms with Gasteiger partial charge in [0.1, 0.15) is 0 Å². The minimum atomic E-state index is -0.250. The molecule has 1 amide bonds. The molecule has 3 rings (SSSR count). The van der Waals surface area contributed by atoms with Crippen molar-refractivity contribution >= 4 is 11.6 Å². The molecule has 0 saturated heterocycles. The van der Waals surface area contributed by atoms with Gasteiger partial charge in [0, 0.05) is 11.3 Å². The van der Waals surface area contributed by atoms with E-state index in [9.17, 15) is 4.79 Å². The van der Waals surface area contributed by atoms with E-state index in [-0.39, 0.29) is 5.91 Å². The number of hydrogen-bond donors (Lipinski definition) is 2. The van der Waals surface area contributed by atoms with Gasteiger partial charge in [-0.05, 0) is 31.7 Å². The van der Waals surface area contributed by atoms with E-state index < -0.39 is 0 Å². The third-order valence-corrected chi connectivity index (χ3v) is 3.54. The van der Waals surface area contributed by atoms with Crippen LogP contribution in [0.3, 0.4) is 0 Å². The minimum Gasteiger partial charge on any atom is -0.281 e. The first-order chi connectivity index (χ1) is 9.75. The van der Waals surface area contributed by atoms with Gasteiger partial charge in [-0.3, -0.25) is 9.89 Å². The van der Waals surface area contributed by atoms with Gasteiger partial charge in [0.2, 0.25) is 0 Å². The first-order valence-electron chi connectivity index (χ1n) is 6.72. The third-order valence-electron chi connectivity index (χ3n) is 3.54. The van der Waals surface area contributed by atoms with Gasteiger partial charge in [-0.1, -0.05) is 30.3 Å². The van der Waals surface area contributed by atoms with E-state index in [1.54, 1.807) is 0 Å². The Hall–Kier alpha value is -2.43. The molecule has 5 nitrogen and oxygen atoms in total. The van der Waals surface area contributed by atoms with Crippen molar-refractivity contribution in [3.8, 4) is 0 Å². The van der Waals surface area contributed by atoms with Crippen LogP contribution in [0.4, 0.5) is 0 Å². The Morgan fingerprint density at radius 3 is 2.90 bits per heavy atom. The normalized spacial score (nSPS) is 14.2. The predicted molar refractivity (Wildman–Crippen MR) is 76.7 cm³/mol. The van der Waals surface area contributed by atoms with Crippen LogP contribution >= 0.6 is 0 Å². The fourth-order valence-corrected chi connectivity index (χ4v) is 2.44. The molecule has 0 saturated carbocycles. The summed E-state index contributed by atoms with van der Waals surface area (Å²) in [7, 11) is 0. The zero-order chi connectivity index (χ0) is 13.9. The number of hydrogen-bond acceptors (Lipinski definition) is 3. The number of carbonyl (C=O) groups excluding carboxylic acids is 1. The highest BCUT2D eigenvalue weighted by atomic mass is 16.2. The number of amides is 1. The van der Waals surface area contributed by atoms with E-state index in [2.05, 4.69) is 20.7 Å². The van der Waals surface area contributed by atoms with E-state index in [1.807, 2.05) is 37.3 Å². The lowest BCUT2D eigenvalue weighted by Gasteiger charge is -2.02. The number of fused-ring (bicyclic) bond motifs is 1. The Morgan fingerprint density at radius 1 is 1.30 bits per heavy atom. The third kappa shape index (κ3) is 2.34. The number of rotatable bonds is 3. The van der Waals surface area contributed by atoms with Crippen LogP contribution in [0.2, 0.25) is 0 Å². The highest BCUT2D eigenvalue weighted by molar-refractivity contribution is 6.00. The predicted octanol–water partition coefficient (Wildman–Crippen LogP) is 2.05. The van der Waals surface area contributed by atoms with Crippen LogP contribution in [0.25, 0.3) is 0 Å². The van der Waals surface area contributed by atoms with Gasteiger partial charge >= 0.3 is 0 Å². The number of aromatic amines is 1. The van der Waals surface area contributed by atoms with Crippen molar-refractivity contribution in [2.45, 2.75) is 26.2 Å². The molecule has 1 aromatic carbocycles. The summed E-state index contributed by atoms with van der Waals surface area (Å²) in [6.45, 7) is 1.87. The molecule has 0 bridgehead atoms.